The molecule has 1 aromatic carbocycles. The highest BCUT2D eigenvalue weighted by molar-refractivity contribution is 6.05. The zero-order chi connectivity index (χ0) is 16.4. The van der Waals surface area contributed by atoms with Crippen LogP contribution in [0.25, 0.3) is 0 Å². The molecule has 124 valence electrons. The summed E-state index contributed by atoms with van der Waals surface area (Å²) in [5, 5.41) is 2.35. The molecule has 0 unspecified atom stereocenters. The second kappa shape index (κ2) is 6.58. The molecule has 0 aliphatic carbocycles. The topological polar surface area (TPSA) is 55.9 Å². The molecule has 2 aliphatic rings. The van der Waals surface area contributed by atoms with E-state index >= 15 is 0 Å². The number of benzene rings is 1. The number of amides is 3. The Morgan fingerprint density at radius 2 is 1.83 bits per heavy atom. The average Bonchev–Trinajstić information content (AvgIpc) is 2.47. The van der Waals surface area contributed by atoms with Gasteiger partial charge in [-0.1, -0.05) is 6.92 Å². The van der Waals surface area contributed by atoms with E-state index in [-0.39, 0.29) is 11.9 Å². The molecule has 0 saturated carbocycles. The molecule has 0 radical (unpaired) electrons. The van der Waals surface area contributed by atoms with Crippen molar-refractivity contribution in [3.05, 3.63) is 24.3 Å². The Morgan fingerprint density at radius 1 is 1.17 bits per heavy atom. The van der Waals surface area contributed by atoms with Crippen molar-refractivity contribution in [3.63, 3.8) is 0 Å². The normalized spacial score (nSPS) is 19.1. The highest BCUT2D eigenvalue weighted by atomic mass is 16.2. The van der Waals surface area contributed by atoms with Crippen molar-refractivity contribution in [1.82, 2.24) is 10.2 Å². The number of likely N-dealkylation sites (N-methyl/N-ethyl adjacent to an activating group) is 1. The first-order valence-electron chi connectivity index (χ1n) is 8.25. The molecule has 2 saturated heterocycles. The number of nitrogens with one attached hydrogen (secondary N) is 1. The monoisotopic (exact) mass is 316 g/mol. The third-order valence-electron chi connectivity index (χ3n) is 4.64. The molecule has 2 heterocycles. The summed E-state index contributed by atoms with van der Waals surface area (Å²) in [6, 6.07) is 8.30. The summed E-state index contributed by atoms with van der Waals surface area (Å²) in [6.07, 6.45) is 1.53. The molecule has 23 heavy (non-hydrogen) atoms. The first-order chi connectivity index (χ1) is 11.1. The van der Waals surface area contributed by atoms with Gasteiger partial charge in [0.1, 0.15) is 0 Å². The van der Waals surface area contributed by atoms with Crippen molar-refractivity contribution in [2.75, 3.05) is 43.0 Å². The van der Waals surface area contributed by atoms with Crippen LogP contribution in [0.15, 0.2) is 24.3 Å². The molecule has 0 aromatic heterocycles. The Balaban J connectivity index is 1.58. The standard InChI is InChI=1S/C17H24N4O2/c1-3-9-19(2)15-11-20(12-15)13-4-6-14(7-5-13)21-10-8-16(22)18-17(21)23/h4-7,15H,3,8-12H2,1-2H3,(H,18,22,23). The smallest absolute Gasteiger partial charge is 0.328 e. The van der Waals surface area contributed by atoms with Crippen LogP contribution in [-0.4, -0.2) is 56.1 Å². The lowest BCUT2D eigenvalue weighted by Gasteiger charge is -2.45. The number of imide groups is 1. The van der Waals surface area contributed by atoms with Crippen molar-refractivity contribution in [1.29, 1.82) is 0 Å². The van der Waals surface area contributed by atoms with Crippen LogP contribution in [0.2, 0.25) is 0 Å². The Hall–Kier alpha value is -2.08. The zero-order valence-electron chi connectivity index (χ0n) is 13.8. The summed E-state index contributed by atoms with van der Waals surface area (Å²) < 4.78 is 0. The fraction of sp³-hybridized carbons (Fsp3) is 0.529. The van der Waals surface area contributed by atoms with E-state index in [4.69, 9.17) is 0 Å². The SMILES string of the molecule is CCCN(C)C1CN(c2ccc(N3CCC(=O)NC3=O)cc2)C1. The minimum atomic E-state index is -0.334. The fourth-order valence-electron chi connectivity index (χ4n) is 3.13. The molecular weight excluding hydrogens is 292 g/mol. The number of anilines is 2. The van der Waals surface area contributed by atoms with Gasteiger partial charge in [0.15, 0.2) is 0 Å². The van der Waals surface area contributed by atoms with Crippen LogP contribution in [0.5, 0.6) is 0 Å². The summed E-state index contributed by atoms with van der Waals surface area (Å²) in [7, 11) is 2.19. The minimum Gasteiger partial charge on any atom is -0.368 e. The average molecular weight is 316 g/mol. The lowest BCUT2D eigenvalue weighted by molar-refractivity contribution is -0.120. The van der Waals surface area contributed by atoms with Gasteiger partial charge in [-0.25, -0.2) is 4.79 Å². The number of urea groups is 1. The van der Waals surface area contributed by atoms with E-state index in [0.29, 0.717) is 19.0 Å². The van der Waals surface area contributed by atoms with E-state index in [9.17, 15) is 9.59 Å². The van der Waals surface area contributed by atoms with Gasteiger partial charge in [0, 0.05) is 43.5 Å². The van der Waals surface area contributed by atoms with Gasteiger partial charge in [-0.05, 0) is 44.3 Å². The predicted molar refractivity (Wildman–Crippen MR) is 90.9 cm³/mol. The van der Waals surface area contributed by atoms with Crippen LogP contribution in [0.4, 0.5) is 16.2 Å². The maximum atomic E-state index is 11.8. The Bertz CT molecular complexity index is 581. The van der Waals surface area contributed by atoms with Gasteiger partial charge in [-0.2, -0.15) is 0 Å². The number of nitrogens with zero attached hydrogens (tertiary/aromatic N) is 3. The van der Waals surface area contributed by atoms with Crippen molar-refractivity contribution >= 4 is 23.3 Å². The maximum absolute atomic E-state index is 11.8. The second-order valence-corrected chi connectivity index (χ2v) is 6.31. The first-order valence-corrected chi connectivity index (χ1v) is 8.25. The number of carbonyl (C=O) groups is 2. The number of rotatable bonds is 5. The third kappa shape index (κ3) is 3.32. The molecule has 0 atom stereocenters. The zero-order valence-corrected chi connectivity index (χ0v) is 13.8. The summed E-state index contributed by atoms with van der Waals surface area (Å²) in [6.45, 7) is 5.89. The van der Waals surface area contributed by atoms with Crippen LogP contribution >= 0.6 is 0 Å². The molecule has 1 aromatic rings. The predicted octanol–water partition coefficient (Wildman–Crippen LogP) is 1.66. The summed E-state index contributed by atoms with van der Waals surface area (Å²) in [5.41, 5.74) is 2.02. The number of hydrogen-bond acceptors (Lipinski definition) is 4. The van der Waals surface area contributed by atoms with Crippen molar-refractivity contribution in [2.45, 2.75) is 25.8 Å². The number of carbonyl (C=O) groups excluding carboxylic acids is 2. The van der Waals surface area contributed by atoms with E-state index in [1.807, 2.05) is 12.1 Å². The molecule has 6 nitrogen and oxygen atoms in total. The Morgan fingerprint density at radius 3 is 2.43 bits per heavy atom. The minimum absolute atomic E-state index is 0.203. The Kier molecular flexibility index (Phi) is 4.52. The molecule has 1 N–H and O–H groups in total. The van der Waals surface area contributed by atoms with Gasteiger partial charge in [0.25, 0.3) is 0 Å². The van der Waals surface area contributed by atoms with Crippen molar-refractivity contribution in [3.8, 4) is 0 Å². The molecule has 3 rings (SSSR count). The van der Waals surface area contributed by atoms with E-state index < -0.39 is 0 Å². The highest BCUT2D eigenvalue weighted by Crippen LogP contribution is 2.26. The van der Waals surface area contributed by atoms with Crippen LogP contribution in [0, 0.1) is 0 Å². The fourth-order valence-corrected chi connectivity index (χ4v) is 3.13. The van der Waals surface area contributed by atoms with Gasteiger partial charge < -0.3 is 4.90 Å². The van der Waals surface area contributed by atoms with Crippen LogP contribution in [0.3, 0.4) is 0 Å². The van der Waals surface area contributed by atoms with Gasteiger partial charge in [0.05, 0.1) is 0 Å². The largest absolute Gasteiger partial charge is 0.368 e. The van der Waals surface area contributed by atoms with E-state index in [1.54, 1.807) is 4.90 Å². The van der Waals surface area contributed by atoms with E-state index in [0.717, 1.165) is 25.3 Å². The first kappa shape index (κ1) is 15.8. The van der Waals surface area contributed by atoms with E-state index in [1.165, 1.54) is 12.1 Å². The summed E-state index contributed by atoms with van der Waals surface area (Å²) >= 11 is 0. The van der Waals surface area contributed by atoms with Crippen molar-refractivity contribution in [2.24, 2.45) is 0 Å². The molecule has 2 fully saturated rings. The van der Waals surface area contributed by atoms with Gasteiger partial charge in [-0.3, -0.25) is 19.9 Å². The van der Waals surface area contributed by atoms with Crippen molar-refractivity contribution < 1.29 is 9.59 Å². The van der Waals surface area contributed by atoms with Gasteiger partial charge in [-0.15, -0.1) is 0 Å². The Labute approximate surface area is 137 Å². The molecule has 2 aliphatic heterocycles. The van der Waals surface area contributed by atoms with Gasteiger partial charge in [0.2, 0.25) is 5.91 Å². The summed E-state index contributed by atoms with van der Waals surface area (Å²) in [5.74, 6) is -0.203. The van der Waals surface area contributed by atoms with Gasteiger partial charge >= 0.3 is 6.03 Å². The molecule has 6 heteroatoms. The van der Waals surface area contributed by atoms with Crippen LogP contribution in [0.1, 0.15) is 19.8 Å². The van der Waals surface area contributed by atoms with Crippen LogP contribution < -0.4 is 15.1 Å². The van der Waals surface area contributed by atoms with E-state index in [2.05, 4.69) is 41.2 Å². The molecular formula is C17H24N4O2. The third-order valence-corrected chi connectivity index (χ3v) is 4.64. The molecule has 0 bridgehead atoms. The lowest BCUT2D eigenvalue weighted by atomic mass is 10.1. The maximum Gasteiger partial charge on any atom is 0.328 e. The quantitative estimate of drug-likeness (QED) is 0.898. The summed E-state index contributed by atoms with van der Waals surface area (Å²) in [4.78, 5) is 29.4. The molecule has 0 spiro atoms. The highest BCUT2D eigenvalue weighted by Gasteiger charge is 2.30. The lowest BCUT2D eigenvalue weighted by Crippen LogP contribution is -2.58. The molecule has 3 amide bonds. The van der Waals surface area contributed by atoms with Crippen LogP contribution in [-0.2, 0) is 4.79 Å². The second-order valence-electron chi connectivity index (χ2n) is 6.31. The number of hydrogen-bond donors (Lipinski definition) is 1.